The molecule has 0 spiro atoms. The summed E-state index contributed by atoms with van der Waals surface area (Å²) < 4.78 is 15.6. The summed E-state index contributed by atoms with van der Waals surface area (Å²) in [6.45, 7) is 1.67. The van der Waals surface area contributed by atoms with Crippen LogP contribution >= 0.6 is 0 Å². The zero-order chi connectivity index (χ0) is 20.8. The molecule has 0 bridgehead atoms. The Bertz CT molecular complexity index is 940. The number of methoxy groups -OCH3 is 1. The number of benzene rings is 1. The van der Waals surface area contributed by atoms with Crippen molar-refractivity contribution in [2.24, 2.45) is 0 Å². The Balaban J connectivity index is 1.68. The highest BCUT2D eigenvalue weighted by Crippen LogP contribution is 2.24. The monoisotopic (exact) mass is 401 g/mol. The molecule has 29 heavy (non-hydrogen) atoms. The predicted octanol–water partition coefficient (Wildman–Crippen LogP) is 3.03. The Morgan fingerprint density at radius 2 is 1.90 bits per heavy atom. The van der Waals surface area contributed by atoms with Gasteiger partial charge < -0.3 is 19.2 Å². The van der Waals surface area contributed by atoms with E-state index in [1.54, 1.807) is 25.1 Å². The standard InChI is InChI=1S/C22H27NO6/c1-14-17-10-9-16(11-19(17)29-22(26)18(14)12-21(25)27-2)28-13-20(24)23-15-7-5-3-4-6-8-15/h9-11,15H,3-8,12-13H2,1-2H3,(H,23,24). The largest absolute Gasteiger partial charge is 0.484 e. The summed E-state index contributed by atoms with van der Waals surface area (Å²) in [6, 6.07) is 5.28. The molecule has 0 aliphatic heterocycles. The highest BCUT2D eigenvalue weighted by molar-refractivity contribution is 5.84. The molecule has 1 aliphatic rings. The molecule has 1 aromatic carbocycles. The van der Waals surface area contributed by atoms with Gasteiger partial charge in [0.05, 0.1) is 19.1 Å². The quantitative estimate of drug-likeness (QED) is 0.454. The molecule has 1 fully saturated rings. The first-order chi connectivity index (χ1) is 14.0. The molecule has 0 unspecified atom stereocenters. The molecule has 0 saturated heterocycles. The van der Waals surface area contributed by atoms with Crippen LogP contribution in [0.1, 0.15) is 49.7 Å². The first-order valence-corrected chi connectivity index (χ1v) is 10.0. The number of esters is 1. The Hall–Kier alpha value is -2.83. The second-order valence-electron chi connectivity index (χ2n) is 7.45. The van der Waals surface area contributed by atoms with Gasteiger partial charge >= 0.3 is 11.6 Å². The van der Waals surface area contributed by atoms with Crippen LogP contribution in [0.5, 0.6) is 5.75 Å². The van der Waals surface area contributed by atoms with Crippen molar-refractivity contribution in [1.82, 2.24) is 5.32 Å². The first-order valence-electron chi connectivity index (χ1n) is 10.0. The summed E-state index contributed by atoms with van der Waals surface area (Å²) in [7, 11) is 1.27. The van der Waals surface area contributed by atoms with Gasteiger partial charge in [0, 0.05) is 17.5 Å². The van der Waals surface area contributed by atoms with Crippen molar-refractivity contribution in [2.45, 2.75) is 57.9 Å². The Morgan fingerprint density at radius 3 is 2.59 bits per heavy atom. The lowest BCUT2D eigenvalue weighted by molar-refractivity contribution is -0.139. The van der Waals surface area contributed by atoms with E-state index in [9.17, 15) is 14.4 Å². The number of nitrogens with one attached hydrogen (secondary N) is 1. The van der Waals surface area contributed by atoms with Crippen LogP contribution in [-0.2, 0) is 20.7 Å². The number of carbonyl (C=O) groups is 2. The minimum Gasteiger partial charge on any atom is -0.484 e. The van der Waals surface area contributed by atoms with Crippen LogP contribution in [-0.4, -0.2) is 31.6 Å². The molecule has 1 saturated carbocycles. The minimum atomic E-state index is -0.580. The molecule has 1 amide bonds. The molecule has 0 radical (unpaired) electrons. The number of carbonyl (C=O) groups excluding carboxylic acids is 2. The van der Waals surface area contributed by atoms with Crippen LogP contribution in [0.3, 0.4) is 0 Å². The van der Waals surface area contributed by atoms with E-state index in [0.29, 0.717) is 22.3 Å². The van der Waals surface area contributed by atoms with Crippen LogP contribution in [0.15, 0.2) is 27.4 Å². The molecular formula is C22H27NO6. The van der Waals surface area contributed by atoms with Crippen molar-refractivity contribution >= 4 is 22.8 Å². The summed E-state index contributed by atoms with van der Waals surface area (Å²) in [5.41, 5.74) is 0.714. The molecule has 3 rings (SSSR count). The van der Waals surface area contributed by atoms with Gasteiger partial charge in [-0.1, -0.05) is 25.7 Å². The molecule has 7 heteroatoms. The van der Waals surface area contributed by atoms with Crippen molar-refractivity contribution in [2.75, 3.05) is 13.7 Å². The Kier molecular flexibility index (Phi) is 6.90. The predicted molar refractivity (Wildman–Crippen MR) is 108 cm³/mol. The van der Waals surface area contributed by atoms with Crippen molar-refractivity contribution in [3.8, 4) is 5.75 Å². The molecule has 1 heterocycles. The SMILES string of the molecule is COC(=O)Cc1c(C)c2ccc(OCC(=O)NC3CCCCCC3)cc2oc1=O. The second kappa shape index (κ2) is 9.58. The lowest BCUT2D eigenvalue weighted by Crippen LogP contribution is -2.37. The van der Waals surface area contributed by atoms with Crippen molar-refractivity contribution in [3.63, 3.8) is 0 Å². The number of aryl methyl sites for hydroxylation is 1. The fraction of sp³-hybridized carbons (Fsp3) is 0.500. The summed E-state index contributed by atoms with van der Waals surface area (Å²) in [4.78, 5) is 36.0. The Labute approximate surface area is 169 Å². The number of fused-ring (bicyclic) bond motifs is 1. The second-order valence-corrected chi connectivity index (χ2v) is 7.45. The topological polar surface area (TPSA) is 94.8 Å². The molecule has 156 valence electrons. The number of hydrogen-bond acceptors (Lipinski definition) is 6. The zero-order valence-electron chi connectivity index (χ0n) is 16.9. The minimum absolute atomic E-state index is 0.0916. The maximum Gasteiger partial charge on any atom is 0.340 e. The number of rotatable bonds is 6. The third-order valence-electron chi connectivity index (χ3n) is 5.40. The molecule has 0 atom stereocenters. The summed E-state index contributed by atoms with van der Waals surface area (Å²) in [5, 5.41) is 3.74. The molecule has 7 nitrogen and oxygen atoms in total. The number of ether oxygens (including phenoxy) is 2. The molecular weight excluding hydrogens is 374 g/mol. The highest BCUT2D eigenvalue weighted by Gasteiger charge is 2.17. The summed E-state index contributed by atoms with van der Waals surface area (Å²) in [5.74, 6) is -0.209. The van der Waals surface area contributed by atoms with Gasteiger partial charge in [-0.3, -0.25) is 9.59 Å². The summed E-state index contributed by atoms with van der Waals surface area (Å²) in [6.07, 6.45) is 6.64. The van der Waals surface area contributed by atoms with E-state index in [-0.39, 0.29) is 30.5 Å². The normalized spacial score (nSPS) is 15.0. The van der Waals surface area contributed by atoms with Crippen molar-refractivity contribution < 1.29 is 23.5 Å². The van der Waals surface area contributed by atoms with E-state index >= 15 is 0 Å². The van der Waals surface area contributed by atoms with Crippen LogP contribution in [0, 0.1) is 6.92 Å². The van der Waals surface area contributed by atoms with Crippen molar-refractivity contribution in [3.05, 3.63) is 39.7 Å². The lowest BCUT2D eigenvalue weighted by atomic mass is 10.0. The molecule has 1 aliphatic carbocycles. The molecule has 1 aromatic heterocycles. The smallest absolute Gasteiger partial charge is 0.340 e. The van der Waals surface area contributed by atoms with Gasteiger partial charge in [-0.25, -0.2) is 4.79 Å². The maximum atomic E-state index is 12.3. The van der Waals surface area contributed by atoms with E-state index in [1.807, 2.05) is 0 Å². The van der Waals surface area contributed by atoms with Gasteiger partial charge in [-0.2, -0.15) is 0 Å². The van der Waals surface area contributed by atoms with Crippen LogP contribution in [0.4, 0.5) is 0 Å². The first kappa shape index (κ1) is 20.9. The van der Waals surface area contributed by atoms with Crippen molar-refractivity contribution in [1.29, 1.82) is 0 Å². The van der Waals surface area contributed by atoms with Gasteiger partial charge in [0.2, 0.25) is 0 Å². The Morgan fingerprint density at radius 1 is 1.17 bits per heavy atom. The van der Waals surface area contributed by atoms with Crippen LogP contribution in [0.2, 0.25) is 0 Å². The van der Waals surface area contributed by atoms with Gasteiger partial charge in [0.15, 0.2) is 6.61 Å². The number of amides is 1. The third kappa shape index (κ3) is 5.37. The van der Waals surface area contributed by atoms with Gasteiger partial charge in [-0.15, -0.1) is 0 Å². The van der Waals surface area contributed by atoms with Gasteiger partial charge in [0.25, 0.3) is 5.91 Å². The van der Waals surface area contributed by atoms with E-state index in [4.69, 9.17) is 9.15 Å². The fourth-order valence-electron chi connectivity index (χ4n) is 3.73. The average Bonchev–Trinajstić information content (AvgIpc) is 2.97. The van der Waals surface area contributed by atoms with E-state index in [1.165, 1.54) is 20.0 Å². The van der Waals surface area contributed by atoms with E-state index in [2.05, 4.69) is 10.1 Å². The van der Waals surface area contributed by atoms with E-state index < -0.39 is 11.6 Å². The fourth-order valence-corrected chi connectivity index (χ4v) is 3.73. The third-order valence-corrected chi connectivity index (χ3v) is 5.40. The average molecular weight is 401 g/mol. The molecule has 2 aromatic rings. The van der Waals surface area contributed by atoms with E-state index in [0.717, 1.165) is 25.7 Å². The zero-order valence-corrected chi connectivity index (χ0v) is 16.9. The maximum absolute atomic E-state index is 12.3. The molecule has 1 N–H and O–H groups in total. The van der Waals surface area contributed by atoms with Gasteiger partial charge in [0.1, 0.15) is 11.3 Å². The van der Waals surface area contributed by atoms with Crippen LogP contribution in [0.25, 0.3) is 11.0 Å². The highest BCUT2D eigenvalue weighted by atomic mass is 16.5. The lowest BCUT2D eigenvalue weighted by Gasteiger charge is -2.16. The van der Waals surface area contributed by atoms with Crippen LogP contribution < -0.4 is 15.7 Å². The summed E-state index contributed by atoms with van der Waals surface area (Å²) >= 11 is 0. The number of hydrogen-bond donors (Lipinski definition) is 1. The van der Waals surface area contributed by atoms with Gasteiger partial charge in [-0.05, 0) is 37.5 Å².